The van der Waals surface area contributed by atoms with Crippen molar-refractivity contribution in [2.45, 2.75) is 76.3 Å². The molecule has 2 aliphatic carbocycles. The number of likely N-dealkylation sites (tertiary alicyclic amines) is 1. The average Bonchev–Trinajstić information content (AvgIpc) is 3.30. The highest BCUT2D eigenvalue weighted by molar-refractivity contribution is 5.81. The van der Waals surface area contributed by atoms with Crippen molar-refractivity contribution in [1.82, 2.24) is 24.4 Å². The van der Waals surface area contributed by atoms with E-state index >= 15 is 0 Å². The first-order valence-electron chi connectivity index (χ1n) is 11.8. The molecule has 6 rings (SSSR count). The highest BCUT2D eigenvalue weighted by atomic mass is 16.2. The maximum absolute atomic E-state index is 13.3. The van der Waals surface area contributed by atoms with Crippen LogP contribution in [0.25, 0.3) is 5.65 Å². The molecule has 0 spiro atoms. The van der Waals surface area contributed by atoms with Gasteiger partial charge in [0.2, 0.25) is 5.91 Å². The third-order valence-electron chi connectivity index (χ3n) is 7.75. The monoisotopic (exact) mass is 409 g/mol. The van der Waals surface area contributed by atoms with Gasteiger partial charge < -0.3 is 4.90 Å². The van der Waals surface area contributed by atoms with Gasteiger partial charge in [-0.15, -0.1) is 0 Å². The van der Waals surface area contributed by atoms with Crippen LogP contribution in [-0.2, 0) is 17.8 Å². The minimum Gasteiger partial charge on any atom is -0.342 e. The molecular formula is C23H31N5O2. The van der Waals surface area contributed by atoms with Crippen LogP contribution in [0.1, 0.15) is 74.2 Å². The lowest BCUT2D eigenvalue weighted by Crippen LogP contribution is -2.41. The van der Waals surface area contributed by atoms with Gasteiger partial charge in [0.05, 0.1) is 11.3 Å². The van der Waals surface area contributed by atoms with Gasteiger partial charge in [-0.2, -0.15) is 0 Å². The van der Waals surface area contributed by atoms with E-state index < -0.39 is 0 Å². The number of nitrogens with zero attached hydrogens (tertiary/aromatic N) is 4. The van der Waals surface area contributed by atoms with E-state index in [-0.39, 0.29) is 17.4 Å². The van der Waals surface area contributed by atoms with E-state index in [0.717, 1.165) is 80.9 Å². The van der Waals surface area contributed by atoms with Gasteiger partial charge in [-0.1, -0.05) is 12.8 Å². The van der Waals surface area contributed by atoms with E-state index in [1.807, 2.05) is 11.0 Å². The number of carbonyl (C=O) groups is 1. The number of piperidine rings is 1. The number of carbonyl (C=O) groups excluding carboxylic acids is 1. The molecule has 1 amide bonds. The summed E-state index contributed by atoms with van der Waals surface area (Å²) < 4.78 is 1.65. The maximum atomic E-state index is 13.3. The summed E-state index contributed by atoms with van der Waals surface area (Å²) >= 11 is 0. The second-order valence-corrected chi connectivity index (χ2v) is 9.80. The summed E-state index contributed by atoms with van der Waals surface area (Å²) in [4.78, 5) is 35.2. The van der Waals surface area contributed by atoms with Crippen molar-refractivity contribution in [3.8, 4) is 0 Å². The third-order valence-corrected chi connectivity index (χ3v) is 7.75. The number of aromatic nitrogens is 3. The minimum atomic E-state index is 0.0608. The molecule has 2 aliphatic heterocycles. The number of amides is 1. The Morgan fingerprint density at radius 3 is 2.70 bits per heavy atom. The summed E-state index contributed by atoms with van der Waals surface area (Å²) in [5, 5.41) is 3.36. The van der Waals surface area contributed by atoms with Crippen LogP contribution in [-0.4, -0.2) is 56.0 Å². The summed E-state index contributed by atoms with van der Waals surface area (Å²) in [5.41, 5.74) is 3.68. The molecule has 7 heteroatoms. The lowest BCUT2D eigenvalue weighted by Gasteiger charge is -2.32. The van der Waals surface area contributed by atoms with Crippen LogP contribution in [0.5, 0.6) is 0 Å². The molecule has 0 radical (unpaired) electrons. The number of rotatable bonds is 3. The Balaban J connectivity index is 1.28. The molecule has 4 aliphatic rings. The maximum Gasteiger partial charge on any atom is 0.277 e. The third kappa shape index (κ3) is 3.18. The van der Waals surface area contributed by atoms with Crippen molar-refractivity contribution in [1.29, 1.82) is 0 Å². The predicted octanol–water partition coefficient (Wildman–Crippen LogP) is 2.44. The first-order chi connectivity index (χ1) is 14.7. The molecule has 4 heterocycles. The first-order valence-corrected chi connectivity index (χ1v) is 11.8. The zero-order valence-electron chi connectivity index (χ0n) is 17.6. The van der Waals surface area contributed by atoms with Crippen molar-refractivity contribution >= 4 is 11.6 Å². The molecule has 160 valence electrons. The normalized spacial score (nSPS) is 25.7. The van der Waals surface area contributed by atoms with Gasteiger partial charge in [0.15, 0.2) is 5.65 Å². The van der Waals surface area contributed by atoms with Crippen LogP contribution in [0.3, 0.4) is 0 Å². The van der Waals surface area contributed by atoms with Crippen LogP contribution in [0, 0.1) is 5.92 Å². The molecular weight excluding hydrogens is 378 g/mol. The number of hydrogen-bond donors (Lipinski definition) is 1. The quantitative estimate of drug-likeness (QED) is 0.845. The summed E-state index contributed by atoms with van der Waals surface area (Å²) in [5.74, 6) is 0.855. The standard InChI is InChI=1S/C23H31N5O2/c29-22(15-7-8-15)27-10-3-4-16(13-27)20-12-21-24-19-9-11-26(17-5-1-2-6-17)14-18(19)23(30)28(21)25-20/h12,15-17,25H,1-11,13-14H2. The Morgan fingerprint density at radius 2 is 1.90 bits per heavy atom. The van der Waals surface area contributed by atoms with Crippen molar-refractivity contribution in [2.24, 2.45) is 5.92 Å². The van der Waals surface area contributed by atoms with Crippen LogP contribution < -0.4 is 5.56 Å². The molecule has 0 aromatic carbocycles. The van der Waals surface area contributed by atoms with Gasteiger partial charge in [-0.05, 0) is 38.5 Å². The lowest BCUT2D eigenvalue weighted by atomic mass is 9.94. The molecule has 2 aromatic heterocycles. The van der Waals surface area contributed by atoms with Crippen molar-refractivity contribution in [3.63, 3.8) is 0 Å². The highest BCUT2D eigenvalue weighted by Gasteiger charge is 2.36. The van der Waals surface area contributed by atoms with E-state index in [9.17, 15) is 9.59 Å². The number of H-pyrrole nitrogens is 1. The lowest BCUT2D eigenvalue weighted by molar-refractivity contribution is -0.133. The summed E-state index contributed by atoms with van der Waals surface area (Å²) in [6, 6.07) is 2.68. The van der Waals surface area contributed by atoms with E-state index in [1.165, 1.54) is 25.7 Å². The fraction of sp³-hybridized carbons (Fsp3) is 0.696. The Labute approximate surface area is 176 Å². The van der Waals surface area contributed by atoms with Crippen LogP contribution in [0.15, 0.2) is 10.9 Å². The molecule has 2 saturated carbocycles. The topological polar surface area (TPSA) is 73.7 Å². The summed E-state index contributed by atoms with van der Waals surface area (Å²) in [6.45, 7) is 3.37. The van der Waals surface area contributed by atoms with Crippen LogP contribution >= 0.6 is 0 Å². The fourth-order valence-corrected chi connectivity index (χ4v) is 5.83. The van der Waals surface area contributed by atoms with Crippen molar-refractivity contribution in [3.05, 3.63) is 33.4 Å². The van der Waals surface area contributed by atoms with Gasteiger partial charge in [0.1, 0.15) is 0 Å². The van der Waals surface area contributed by atoms with Gasteiger partial charge in [0, 0.05) is 62.2 Å². The number of hydrogen-bond acceptors (Lipinski definition) is 4. The number of fused-ring (bicyclic) bond motifs is 2. The zero-order chi connectivity index (χ0) is 20.2. The van der Waals surface area contributed by atoms with E-state index in [4.69, 9.17) is 4.98 Å². The van der Waals surface area contributed by atoms with Crippen molar-refractivity contribution < 1.29 is 4.79 Å². The molecule has 1 N–H and O–H groups in total. The van der Waals surface area contributed by atoms with Crippen molar-refractivity contribution in [2.75, 3.05) is 19.6 Å². The number of aromatic amines is 1. The fourth-order valence-electron chi connectivity index (χ4n) is 5.83. The molecule has 0 bridgehead atoms. The van der Waals surface area contributed by atoms with E-state index in [1.54, 1.807) is 4.52 Å². The molecule has 1 unspecified atom stereocenters. The van der Waals surface area contributed by atoms with E-state index in [0.29, 0.717) is 11.9 Å². The Bertz CT molecular complexity index is 1030. The minimum absolute atomic E-state index is 0.0608. The summed E-state index contributed by atoms with van der Waals surface area (Å²) in [6.07, 6.45) is 10.2. The second kappa shape index (κ2) is 7.22. The van der Waals surface area contributed by atoms with Crippen LogP contribution in [0.2, 0.25) is 0 Å². The van der Waals surface area contributed by atoms with E-state index in [2.05, 4.69) is 10.00 Å². The smallest absolute Gasteiger partial charge is 0.277 e. The molecule has 30 heavy (non-hydrogen) atoms. The highest BCUT2D eigenvalue weighted by Crippen LogP contribution is 2.34. The largest absolute Gasteiger partial charge is 0.342 e. The Kier molecular flexibility index (Phi) is 4.48. The van der Waals surface area contributed by atoms with Gasteiger partial charge in [0.25, 0.3) is 5.56 Å². The Morgan fingerprint density at radius 1 is 1.07 bits per heavy atom. The summed E-state index contributed by atoms with van der Waals surface area (Å²) in [7, 11) is 0. The molecule has 7 nitrogen and oxygen atoms in total. The molecule has 1 atom stereocenters. The first kappa shape index (κ1) is 18.6. The van der Waals surface area contributed by atoms with Gasteiger partial charge in [-0.25, -0.2) is 9.50 Å². The SMILES string of the molecule is O=C(C1CC1)N1CCCC(c2cc3nc4c(c(=O)n3[nH]2)CN(C2CCCC2)CC4)C1. The molecule has 3 fully saturated rings. The average molecular weight is 410 g/mol. The van der Waals surface area contributed by atoms with Gasteiger partial charge >= 0.3 is 0 Å². The van der Waals surface area contributed by atoms with Gasteiger partial charge in [-0.3, -0.25) is 19.6 Å². The second-order valence-electron chi connectivity index (χ2n) is 9.80. The number of nitrogens with one attached hydrogen (secondary N) is 1. The van der Waals surface area contributed by atoms with Crippen LogP contribution in [0.4, 0.5) is 0 Å². The Hall–Kier alpha value is -2.15. The predicted molar refractivity (Wildman–Crippen MR) is 113 cm³/mol. The molecule has 2 aromatic rings. The zero-order valence-corrected chi connectivity index (χ0v) is 17.6. The molecule has 1 saturated heterocycles.